The van der Waals surface area contributed by atoms with Crippen molar-refractivity contribution in [3.8, 4) is 0 Å². The Kier molecular flexibility index (Phi) is 4.35. The van der Waals surface area contributed by atoms with Crippen LogP contribution in [0.2, 0.25) is 0 Å². The van der Waals surface area contributed by atoms with E-state index in [4.69, 9.17) is 0 Å². The minimum absolute atomic E-state index is 0. The zero-order valence-corrected chi connectivity index (χ0v) is 17.5. The van der Waals surface area contributed by atoms with Gasteiger partial charge < -0.3 is 0 Å². The number of rotatable bonds is 2. The predicted octanol–water partition coefficient (Wildman–Crippen LogP) is 0.556. The number of Topliss-reactive ketones (excluding diaryl/α,β-unsaturated/α-hetero) is 4. The summed E-state index contributed by atoms with van der Waals surface area (Å²) in [5.74, 6) is 0.376. The second kappa shape index (κ2) is 6.80. The second-order valence-electron chi connectivity index (χ2n) is 9.12. The van der Waals surface area contributed by atoms with Crippen LogP contribution in [-0.2, 0) is 44.9 Å². The maximum absolute atomic E-state index is 12.9. The van der Waals surface area contributed by atoms with Crippen molar-refractivity contribution >= 4 is 45.4 Å². The van der Waals surface area contributed by atoms with Gasteiger partial charge in [0.05, 0.1) is 0 Å². The standard InChI is InChI=1S/C27H20O4.CH4/c1-12-18-3-16-9-26(30)22(20(16)5-14(18)7-24(12)28)11-23-21-6-15-8-25(29)13(2)19(15)4-17(21)10-27(23)31;/h3-6H,7-11H2,1-2H3;1H4. The Bertz CT molecular complexity index is 1460. The molecule has 4 aliphatic carbocycles. The van der Waals surface area contributed by atoms with Gasteiger partial charge in [-0.05, 0) is 80.3 Å². The first-order valence-electron chi connectivity index (χ1n) is 10.7. The van der Waals surface area contributed by atoms with Crippen LogP contribution in [0, 0.1) is 0 Å². The van der Waals surface area contributed by atoms with E-state index in [2.05, 4.69) is 0 Å². The quantitative estimate of drug-likeness (QED) is 0.707. The van der Waals surface area contributed by atoms with Crippen molar-refractivity contribution in [3.63, 3.8) is 0 Å². The molecule has 0 spiro atoms. The zero-order chi connectivity index (χ0) is 21.6. The molecule has 4 aliphatic rings. The highest BCUT2D eigenvalue weighted by atomic mass is 16.1. The van der Waals surface area contributed by atoms with E-state index in [1.54, 1.807) is 0 Å². The van der Waals surface area contributed by atoms with Crippen molar-refractivity contribution < 1.29 is 19.2 Å². The molecule has 0 amide bonds. The summed E-state index contributed by atoms with van der Waals surface area (Å²) in [7, 11) is 0. The smallest absolute Gasteiger partial charge is 0.164 e. The van der Waals surface area contributed by atoms with Crippen LogP contribution in [-0.4, -0.2) is 23.1 Å². The van der Waals surface area contributed by atoms with E-state index < -0.39 is 0 Å². The molecule has 0 unspecified atom stereocenters. The molecule has 0 radical (unpaired) electrons. The van der Waals surface area contributed by atoms with Gasteiger partial charge in [0.2, 0.25) is 0 Å². The number of ketones is 4. The van der Waals surface area contributed by atoms with Crippen molar-refractivity contribution in [2.75, 3.05) is 0 Å². The van der Waals surface area contributed by atoms with Crippen molar-refractivity contribution in [1.82, 2.24) is 0 Å². The van der Waals surface area contributed by atoms with Crippen LogP contribution in [0.25, 0.3) is 22.3 Å². The lowest BCUT2D eigenvalue weighted by Gasteiger charge is -2.03. The summed E-state index contributed by atoms with van der Waals surface area (Å²) in [5.41, 5.74) is 6.72. The van der Waals surface area contributed by atoms with Gasteiger partial charge in [-0.3, -0.25) is 19.2 Å². The molecule has 2 aromatic rings. The summed E-state index contributed by atoms with van der Waals surface area (Å²) in [5, 5.41) is 3.69. The highest BCUT2D eigenvalue weighted by Crippen LogP contribution is 2.25. The van der Waals surface area contributed by atoms with E-state index in [0.29, 0.717) is 43.3 Å². The van der Waals surface area contributed by atoms with Crippen molar-refractivity contribution in [2.45, 2.75) is 53.4 Å². The van der Waals surface area contributed by atoms with Crippen LogP contribution in [0.5, 0.6) is 0 Å². The third-order valence-corrected chi connectivity index (χ3v) is 7.38. The van der Waals surface area contributed by atoms with Gasteiger partial charge in [-0.2, -0.15) is 0 Å². The molecule has 160 valence electrons. The van der Waals surface area contributed by atoms with E-state index in [0.717, 1.165) is 54.3 Å². The number of fused-ring (bicyclic) bond motifs is 4. The molecule has 4 nitrogen and oxygen atoms in total. The lowest BCUT2D eigenvalue weighted by atomic mass is 9.99. The Morgan fingerprint density at radius 3 is 1.25 bits per heavy atom. The molecule has 0 bridgehead atoms. The molecule has 0 aromatic heterocycles. The minimum atomic E-state index is 0. The summed E-state index contributed by atoms with van der Waals surface area (Å²) in [4.78, 5) is 50.0. The molecule has 4 heteroatoms. The minimum Gasteiger partial charge on any atom is -0.294 e. The first kappa shape index (κ1) is 20.5. The third-order valence-electron chi connectivity index (χ3n) is 7.38. The molecule has 0 saturated heterocycles. The molecule has 2 aromatic carbocycles. The van der Waals surface area contributed by atoms with Crippen LogP contribution in [0.3, 0.4) is 0 Å². The zero-order valence-electron chi connectivity index (χ0n) is 17.5. The largest absolute Gasteiger partial charge is 0.294 e. The molecule has 0 aliphatic heterocycles. The van der Waals surface area contributed by atoms with Gasteiger partial charge in [-0.15, -0.1) is 0 Å². The first-order valence-corrected chi connectivity index (χ1v) is 10.7. The number of carbonyl (C=O) groups excluding carboxylic acids is 4. The molecule has 0 heterocycles. The van der Waals surface area contributed by atoms with Crippen molar-refractivity contribution in [2.24, 2.45) is 0 Å². The molecule has 0 atom stereocenters. The molecular formula is C28H24O4. The fourth-order valence-corrected chi connectivity index (χ4v) is 5.56. The normalized spacial score (nSPS) is 18.3. The van der Waals surface area contributed by atoms with E-state index in [1.165, 1.54) is 0 Å². The summed E-state index contributed by atoms with van der Waals surface area (Å²) in [6.45, 7) is 3.68. The van der Waals surface area contributed by atoms with Gasteiger partial charge in [-0.25, -0.2) is 0 Å². The number of carbonyl (C=O) groups is 4. The van der Waals surface area contributed by atoms with Gasteiger partial charge >= 0.3 is 0 Å². The van der Waals surface area contributed by atoms with E-state index in [-0.39, 0.29) is 30.6 Å². The molecular weight excluding hydrogens is 400 g/mol. The highest BCUT2D eigenvalue weighted by molar-refractivity contribution is 6.27. The van der Waals surface area contributed by atoms with Gasteiger partial charge in [-0.1, -0.05) is 19.6 Å². The van der Waals surface area contributed by atoms with Crippen molar-refractivity contribution in [3.05, 3.63) is 67.4 Å². The molecule has 6 rings (SSSR count). The fourth-order valence-electron chi connectivity index (χ4n) is 5.56. The Balaban J connectivity index is 0.00000216. The number of hydrogen-bond acceptors (Lipinski definition) is 4. The van der Waals surface area contributed by atoms with E-state index in [9.17, 15) is 19.2 Å². The lowest BCUT2D eigenvalue weighted by molar-refractivity contribution is -0.114. The maximum Gasteiger partial charge on any atom is 0.164 e. The average Bonchev–Trinajstić information content (AvgIpc) is 3.38. The van der Waals surface area contributed by atoms with Gasteiger partial charge in [0, 0.05) is 43.3 Å². The molecule has 0 fully saturated rings. The molecule has 0 N–H and O–H groups in total. The van der Waals surface area contributed by atoms with Crippen LogP contribution < -0.4 is 20.9 Å². The monoisotopic (exact) mass is 424 g/mol. The average molecular weight is 424 g/mol. The predicted molar refractivity (Wildman–Crippen MR) is 123 cm³/mol. The Morgan fingerprint density at radius 1 is 0.531 bits per heavy atom. The summed E-state index contributed by atoms with van der Waals surface area (Å²) >= 11 is 0. The summed E-state index contributed by atoms with van der Waals surface area (Å²) < 4.78 is 0. The molecule has 32 heavy (non-hydrogen) atoms. The van der Waals surface area contributed by atoms with Gasteiger partial charge in [0.15, 0.2) is 23.1 Å². The van der Waals surface area contributed by atoms with Gasteiger partial charge in [0.1, 0.15) is 0 Å². The van der Waals surface area contributed by atoms with Crippen LogP contribution >= 0.6 is 0 Å². The van der Waals surface area contributed by atoms with Crippen LogP contribution in [0.4, 0.5) is 0 Å². The number of benzene rings is 2. The first-order chi connectivity index (χ1) is 14.8. The van der Waals surface area contributed by atoms with E-state index in [1.807, 2.05) is 38.1 Å². The topological polar surface area (TPSA) is 68.3 Å². The SMILES string of the molecule is C.CC1=c2cc3c(cc2CC1=O)=C(CC1=c2cc4c(cc2CC1=O)=C(C)C(=O)C4)C(=O)C3. The highest BCUT2D eigenvalue weighted by Gasteiger charge is 2.30. The lowest BCUT2D eigenvalue weighted by Crippen LogP contribution is -2.18. The molecule has 0 saturated carbocycles. The Labute approximate surface area is 185 Å². The maximum atomic E-state index is 12.9. The van der Waals surface area contributed by atoms with Crippen molar-refractivity contribution in [1.29, 1.82) is 0 Å². The van der Waals surface area contributed by atoms with Gasteiger partial charge in [0.25, 0.3) is 0 Å². The summed E-state index contributed by atoms with van der Waals surface area (Å²) in [6, 6.07) is 7.95. The van der Waals surface area contributed by atoms with Crippen LogP contribution in [0.15, 0.2) is 24.3 Å². The van der Waals surface area contributed by atoms with Crippen LogP contribution in [0.1, 0.15) is 49.9 Å². The summed E-state index contributed by atoms with van der Waals surface area (Å²) in [6.07, 6.45) is 1.71. The third kappa shape index (κ3) is 2.68. The van der Waals surface area contributed by atoms with E-state index >= 15 is 0 Å². The fraction of sp³-hybridized carbons (Fsp3) is 0.286. The Hall–Kier alpha value is -3.40. The number of hydrogen-bond donors (Lipinski definition) is 0. The Morgan fingerprint density at radius 2 is 0.844 bits per heavy atom. The second-order valence-corrected chi connectivity index (χ2v) is 9.12.